The van der Waals surface area contributed by atoms with E-state index in [9.17, 15) is 4.79 Å². The number of unbranched alkanes of at least 4 members (excludes halogenated alkanes) is 1. The molecule has 4 nitrogen and oxygen atoms in total. The van der Waals surface area contributed by atoms with Crippen LogP contribution in [-0.4, -0.2) is 19.1 Å². The Labute approximate surface area is 137 Å². The minimum Gasteiger partial charge on any atom is -0.494 e. The van der Waals surface area contributed by atoms with E-state index in [4.69, 9.17) is 10.5 Å². The molecule has 23 heavy (non-hydrogen) atoms. The second kappa shape index (κ2) is 8.83. The summed E-state index contributed by atoms with van der Waals surface area (Å²) in [6, 6.07) is 14.9. The summed E-state index contributed by atoms with van der Waals surface area (Å²) in [5.74, 6) is 0.817. The average molecular weight is 312 g/mol. The highest BCUT2D eigenvalue weighted by atomic mass is 16.5. The van der Waals surface area contributed by atoms with Crippen molar-refractivity contribution in [1.82, 2.24) is 5.32 Å². The van der Waals surface area contributed by atoms with E-state index in [1.807, 2.05) is 24.3 Å². The first-order chi connectivity index (χ1) is 11.2. The summed E-state index contributed by atoms with van der Waals surface area (Å²) < 4.78 is 5.63. The molecule has 0 aliphatic heterocycles. The van der Waals surface area contributed by atoms with Gasteiger partial charge in [0.2, 0.25) is 0 Å². The lowest BCUT2D eigenvalue weighted by Gasteiger charge is -2.08. The van der Waals surface area contributed by atoms with Crippen molar-refractivity contribution in [1.29, 1.82) is 0 Å². The van der Waals surface area contributed by atoms with E-state index < -0.39 is 0 Å². The highest BCUT2D eigenvalue weighted by Gasteiger charge is 2.04. The Bertz CT molecular complexity index is 606. The molecule has 0 atom stereocenters. The molecule has 0 spiro atoms. The number of anilines is 1. The third-order valence-corrected chi connectivity index (χ3v) is 3.56. The fourth-order valence-corrected chi connectivity index (χ4v) is 2.14. The third-order valence-electron chi connectivity index (χ3n) is 3.56. The van der Waals surface area contributed by atoms with Crippen molar-refractivity contribution in [2.45, 2.75) is 26.2 Å². The monoisotopic (exact) mass is 312 g/mol. The maximum absolute atomic E-state index is 12.0. The number of carbonyl (C=O) groups excluding carboxylic acids is 1. The van der Waals surface area contributed by atoms with Gasteiger partial charge >= 0.3 is 0 Å². The van der Waals surface area contributed by atoms with Crippen LogP contribution in [0.3, 0.4) is 0 Å². The third kappa shape index (κ3) is 5.66. The first-order valence-corrected chi connectivity index (χ1v) is 8.04. The molecule has 3 N–H and O–H groups in total. The van der Waals surface area contributed by atoms with E-state index in [-0.39, 0.29) is 5.91 Å². The molecule has 122 valence electrons. The van der Waals surface area contributed by atoms with Crippen LogP contribution in [-0.2, 0) is 6.42 Å². The Morgan fingerprint density at radius 2 is 1.78 bits per heavy atom. The molecule has 0 bridgehead atoms. The fraction of sp³-hybridized carbons (Fsp3) is 0.316. The Hall–Kier alpha value is -2.49. The number of amides is 1. The van der Waals surface area contributed by atoms with E-state index in [1.54, 1.807) is 24.3 Å². The second-order valence-corrected chi connectivity index (χ2v) is 5.47. The van der Waals surface area contributed by atoms with Gasteiger partial charge in [0.05, 0.1) is 6.61 Å². The summed E-state index contributed by atoms with van der Waals surface area (Å²) in [4.78, 5) is 12.0. The largest absolute Gasteiger partial charge is 0.494 e. The molecular weight excluding hydrogens is 288 g/mol. The Balaban J connectivity index is 1.75. The van der Waals surface area contributed by atoms with Gasteiger partial charge in [-0.2, -0.15) is 0 Å². The van der Waals surface area contributed by atoms with Gasteiger partial charge in [0.15, 0.2) is 0 Å². The molecule has 1 amide bonds. The zero-order valence-electron chi connectivity index (χ0n) is 13.5. The normalized spacial score (nSPS) is 10.3. The van der Waals surface area contributed by atoms with Crippen LogP contribution < -0.4 is 15.8 Å². The SMILES string of the molecule is CCCCOc1ccc(CCNC(=O)c2ccc(N)cc2)cc1. The van der Waals surface area contributed by atoms with Crippen LogP contribution in [0.15, 0.2) is 48.5 Å². The Kier molecular flexibility index (Phi) is 6.48. The molecule has 0 aliphatic carbocycles. The summed E-state index contributed by atoms with van der Waals surface area (Å²) in [6.45, 7) is 3.50. The van der Waals surface area contributed by atoms with Gasteiger partial charge in [-0.05, 0) is 54.8 Å². The maximum atomic E-state index is 12.0. The van der Waals surface area contributed by atoms with Gasteiger partial charge in [-0.15, -0.1) is 0 Å². The van der Waals surface area contributed by atoms with Crippen LogP contribution in [0.25, 0.3) is 0 Å². The minimum atomic E-state index is -0.0791. The standard InChI is InChI=1S/C19H24N2O2/c1-2-3-14-23-18-10-4-15(5-11-18)12-13-21-19(22)16-6-8-17(20)9-7-16/h4-11H,2-3,12-14,20H2,1H3,(H,21,22). The number of nitrogen functional groups attached to an aromatic ring is 1. The van der Waals surface area contributed by atoms with Crippen LogP contribution in [0, 0.1) is 0 Å². The highest BCUT2D eigenvalue weighted by Crippen LogP contribution is 2.13. The predicted molar refractivity (Wildman–Crippen MR) is 93.7 cm³/mol. The molecule has 0 fully saturated rings. The Morgan fingerprint density at radius 3 is 2.43 bits per heavy atom. The molecule has 2 rings (SSSR count). The van der Waals surface area contributed by atoms with Crippen molar-refractivity contribution in [2.24, 2.45) is 0 Å². The van der Waals surface area contributed by atoms with Crippen molar-refractivity contribution in [3.05, 3.63) is 59.7 Å². The van der Waals surface area contributed by atoms with E-state index in [1.165, 1.54) is 5.56 Å². The van der Waals surface area contributed by atoms with Crippen LogP contribution in [0.4, 0.5) is 5.69 Å². The molecule has 0 unspecified atom stereocenters. The van der Waals surface area contributed by atoms with Gasteiger partial charge < -0.3 is 15.8 Å². The molecule has 2 aromatic rings. The number of ether oxygens (including phenoxy) is 1. The van der Waals surface area contributed by atoms with Gasteiger partial charge in [-0.1, -0.05) is 25.5 Å². The zero-order chi connectivity index (χ0) is 16.5. The van der Waals surface area contributed by atoms with E-state index in [2.05, 4.69) is 12.2 Å². The van der Waals surface area contributed by atoms with Crippen molar-refractivity contribution in [3.8, 4) is 5.75 Å². The van der Waals surface area contributed by atoms with E-state index >= 15 is 0 Å². The number of benzene rings is 2. The summed E-state index contributed by atoms with van der Waals surface area (Å²) in [5.41, 5.74) is 8.06. The number of carbonyl (C=O) groups is 1. The smallest absolute Gasteiger partial charge is 0.251 e. The van der Waals surface area contributed by atoms with E-state index in [0.717, 1.165) is 31.6 Å². The number of nitrogens with two attached hydrogens (primary N) is 1. The van der Waals surface area contributed by atoms with Gasteiger partial charge in [0, 0.05) is 17.8 Å². The minimum absolute atomic E-state index is 0.0791. The van der Waals surface area contributed by atoms with Crippen LogP contribution in [0.2, 0.25) is 0 Å². The summed E-state index contributed by atoms with van der Waals surface area (Å²) in [6.07, 6.45) is 2.99. The molecule has 4 heteroatoms. The van der Waals surface area contributed by atoms with E-state index in [0.29, 0.717) is 17.8 Å². The first kappa shape index (κ1) is 16.9. The van der Waals surface area contributed by atoms with Crippen LogP contribution in [0.1, 0.15) is 35.7 Å². The molecule has 0 radical (unpaired) electrons. The lowest BCUT2D eigenvalue weighted by molar-refractivity contribution is 0.0954. The quantitative estimate of drug-likeness (QED) is 0.580. The molecule has 0 aliphatic rings. The van der Waals surface area contributed by atoms with Gasteiger partial charge in [-0.25, -0.2) is 0 Å². The number of nitrogens with one attached hydrogen (secondary N) is 1. The molecule has 0 saturated heterocycles. The van der Waals surface area contributed by atoms with Gasteiger partial charge in [0.25, 0.3) is 5.91 Å². The highest BCUT2D eigenvalue weighted by molar-refractivity contribution is 5.94. The van der Waals surface area contributed by atoms with Crippen molar-refractivity contribution < 1.29 is 9.53 Å². The average Bonchev–Trinajstić information content (AvgIpc) is 2.57. The lowest BCUT2D eigenvalue weighted by atomic mass is 10.1. The molecule has 2 aromatic carbocycles. The van der Waals surface area contributed by atoms with Gasteiger partial charge in [0.1, 0.15) is 5.75 Å². The summed E-state index contributed by atoms with van der Waals surface area (Å²) in [5, 5.41) is 2.91. The molecule has 0 heterocycles. The zero-order valence-corrected chi connectivity index (χ0v) is 13.5. The topological polar surface area (TPSA) is 64.3 Å². The fourth-order valence-electron chi connectivity index (χ4n) is 2.14. The lowest BCUT2D eigenvalue weighted by Crippen LogP contribution is -2.25. The number of rotatable bonds is 8. The molecule has 0 saturated carbocycles. The molecule has 0 aromatic heterocycles. The number of hydrogen-bond acceptors (Lipinski definition) is 3. The van der Waals surface area contributed by atoms with Crippen molar-refractivity contribution >= 4 is 11.6 Å². The van der Waals surface area contributed by atoms with Crippen LogP contribution in [0.5, 0.6) is 5.75 Å². The van der Waals surface area contributed by atoms with Gasteiger partial charge in [-0.3, -0.25) is 4.79 Å². The number of hydrogen-bond donors (Lipinski definition) is 2. The second-order valence-electron chi connectivity index (χ2n) is 5.47. The summed E-state index contributed by atoms with van der Waals surface area (Å²) >= 11 is 0. The Morgan fingerprint density at radius 1 is 1.09 bits per heavy atom. The predicted octanol–water partition coefficient (Wildman–Crippen LogP) is 3.42. The maximum Gasteiger partial charge on any atom is 0.251 e. The summed E-state index contributed by atoms with van der Waals surface area (Å²) in [7, 11) is 0. The van der Waals surface area contributed by atoms with Crippen molar-refractivity contribution in [3.63, 3.8) is 0 Å². The first-order valence-electron chi connectivity index (χ1n) is 8.04. The van der Waals surface area contributed by atoms with Crippen LogP contribution >= 0.6 is 0 Å². The van der Waals surface area contributed by atoms with Crippen molar-refractivity contribution in [2.75, 3.05) is 18.9 Å². The molecular formula is C19H24N2O2.